The fourth-order valence-electron chi connectivity index (χ4n) is 2.60. The molecule has 2 saturated carbocycles. The lowest BCUT2D eigenvalue weighted by Gasteiger charge is -2.25. The number of rotatable bonds is 4. The summed E-state index contributed by atoms with van der Waals surface area (Å²) in [5.41, 5.74) is 1.70. The molecular formula is C16H18N4O. The number of hydrogen-bond acceptors (Lipinski definition) is 3. The minimum absolute atomic E-state index is 0.0725. The monoisotopic (exact) mass is 282 g/mol. The van der Waals surface area contributed by atoms with Gasteiger partial charge in [-0.05, 0) is 44.3 Å². The summed E-state index contributed by atoms with van der Waals surface area (Å²) < 4.78 is 2.05. The summed E-state index contributed by atoms with van der Waals surface area (Å²) >= 11 is 0. The van der Waals surface area contributed by atoms with Crippen LogP contribution in [0.5, 0.6) is 0 Å². The summed E-state index contributed by atoms with van der Waals surface area (Å²) in [5.74, 6) is 1.28. The molecular weight excluding hydrogens is 264 g/mol. The molecule has 0 unspecified atom stereocenters. The number of nitrogens with zero attached hydrogens (tertiary/aromatic N) is 3. The third kappa shape index (κ3) is 2.68. The van der Waals surface area contributed by atoms with Crippen molar-refractivity contribution in [1.82, 2.24) is 19.7 Å². The third-order valence-corrected chi connectivity index (χ3v) is 4.26. The average molecular weight is 282 g/mol. The van der Waals surface area contributed by atoms with Crippen molar-refractivity contribution in [1.29, 1.82) is 0 Å². The highest BCUT2D eigenvalue weighted by Crippen LogP contribution is 2.37. The summed E-state index contributed by atoms with van der Waals surface area (Å²) in [4.78, 5) is 19.0. The quantitative estimate of drug-likeness (QED) is 0.937. The van der Waals surface area contributed by atoms with E-state index in [0.717, 1.165) is 29.9 Å². The van der Waals surface area contributed by atoms with E-state index >= 15 is 0 Å². The van der Waals surface area contributed by atoms with E-state index in [4.69, 9.17) is 0 Å². The number of nitrogens with one attached hydrogen (secondary N) is 1. The number of aromatic nitrogens is 4. The Balaban J connectivity index is 1.54. The first-order chi connectivity index (χ1) is 10.3. The van der Waals surface area contributed by atoms with Gasteiger partial charge in [-0.3, -0.25) is 9.48 Å². The molecule has 4 rings (SSSR count). The molecule has 2 heterocycles. The summed E-state index contributed by atoms with van der Waals surface area (Å²) in [6, 6.07) is 2.12. The fourth-order valence-corrected chi connectivity index (χ4v) is 2.60. The van der Waals surface area contributed by atoms with E-state index in [-0.39, 0.29) is 5.56 Å². The Kier molecular flexibility index (Phi) is 2.98. The summed E-state index contributed by atoms with van der Waals surface area (Å²) in [6.07, 6.45) is 13.8. The van der Waals surface area contributed by atoms with Gasteiger partial charge in [0.15, 0.2) is 0 Å². The highest BCUT2D eigenvalue weighted by Gasteiger charge is 2.26. The Bertz CT molecular complexity index is 735. The highest BCUT2D eigenvalue weighted by molar-refractivity contribution is 5.67. The van der Waals surface area contributed by atoms with Gasteiger partial charge in [0.25, 0.3) is 5.56 Å². The van der Waals surface area contributed by atoms with Crippen LogP contribution in [0.3, 0.4) is 0 Å². The minimum atomic E-state index is -0.0725. The molecule has 0 amide bonds. The molecule has 0 aliphatic heterocycles. The molecule has 2 aromatic rings. The normalized spacial score (nSPS) is 19.0. The second kappa shape index (κ2) is 4.98. The Morgan fingerprint density at radius 1 is 1.24 bits per heavy atom. The Morgan fingerprint density at radius 3 is 2.81 bits per heavy atom. The van der Waals surface area contributed by atoms with Gasteiger partial charge in [-0.25, -0.2) is 4.98 Å². The molecule has 5 heteroatoms. The van der Waals surface area contributed by atoms with Gasteiger partial charge in [-0.1, -0.05) is 0 Å². The van der Waals surface area contributed by atoms with Crippen molar-refractivity contribution in [3.8, 4) is 0 Å². The molecule has 2 fully saturated rings. The second-order valence-electron chi connectivity index (χ2n) is 6.00. The molecule has 0 spiro atoms. The van der Waals surface area contributed by atoms with Crippen molar-refractivity contribution in [3.05, 3.63) is 45.9 Å². The standard InChI is InChI=1S/C16H18N4O/c21-15-8-13(18-16(19-15)12-5-6-12)7-4-11-9-17-20(10-11)14-2-1-3-14/h4,7-10,12,14H,1-3,5-6H2,(H,18,19,21)/b7-4+. The van der Waals surface area contributed by atoms with Crippen LogP contribution < -0.4 is 5.56 Å². The summed E-state index contributed by atoms with van der Waals surface area (Å²) in [7, 11) is 0. The van der Waals surface area contributed by atoms with Crippen molar-refractivity contribution in [2.75, 3.05) is 0 Å². The second-order valence-corrected chi connectivity index (χ2v) is 6.00. The van der Waals surface area contributed by atoms with Crippen LogP contribution in [0.1, 0.15) is 61.1 Å². The summed E-state index contributed by atoms with van der Waals surface area (Å²) in [5, 5.41) is 4.40. The molecule has 2 aliphatic rings. The molecule has 2 aromatic heterocycles. The van der Waals surface area contributed by atoms with Gasteiger partial charge >= 0.3 is 0 Å². The highest BCUT2D eigenvalue weighted by atomic mass is 16.1. The Hall–Kier alpha value is -2.17. The first-order valence-electron chi connectivity index (χ1n) is 7.61. The van der Waals surface area contributed by atoms with Crippen LogP contribution in [0, 0.1) is 0 Å². The van der Waals surface area contributed by atoms with E-state index in [9.17, 15) is 4.79 Å². The van der Waals surface area contributed by atoms with Gasteiger partial charge < -0.3 is 4.98 Å². The van der Waals surface area contributed by atoms with E-state index in [1.807, 2.05) is 23.0 Å². The van der Waals surface area contributed by atoms with Crippen molar-refractivity contribution in [3.63, 3.8) is 0 Å². The predicted molar refractivity (Wildman–Crippen MR) is 80.9 cm³/mol. The zero-order valence-corrected chi connectivity index (χ0v) is 11.8. The molecule has 0 radical (unpaired) electrons. The number of aromatic amines is 1. The molecule has 2 aliphatic carbocycles. The molecule has 0 atom stereocenters. The van der Waals surface area contributed by atoms with Gasteiger partial charge in [0, 0.05) is 23.7 Å². The molecule has 108 valence electrons. The molecule has 0 bridgehead atoms. The SMILES string of the molecule is O=c1cc(/C=C/c2cnn(C3CCC3)c2)nc(C2CC2)[nH]1. The lowest BCUT2D eigenvalue weighted by Crippen LogP contribution is -2.16. The lowest BCUT2D eigenvalue weighted by molar-refractivity contribution is 0.289. The zero-order chi connectivity index (χ0) is 14.2. The Morgan fingerprint density at radius 2 is 2.10 bits per heavy atom. The maximum Gasteiger partial charge on any atom is 0.251 e. The summed E-state index contributed by atoms with van der Waals surface area (Å²) in [6.45, 7) is 0. The van der Waals surface area contributed by atoms with E-state index in [1.54, 1.807) is 6.07 Å². The minimum Gasteiger partial charge on any atom is -0.310 e. The fraction of sp³-hybridized carbons (Fsp3) is 0.438. The first-order valence-corrected chi connectivity index (χ1v) is 7.61. The number of hydrogen-bond donors (Lipinski definition) is 1. The van der Waals surface area contributed by atoms with E-state index in [0.29, 0.717) is 12.0 Å². The average Bonchev–Trinajstić information content (AvgIpc) is 3.16. The smallest absolute Gasteiger partial charge is 0.251 e. The van der Waals surface area contributed by atoms with E-state index in [2.05, 4.69) is 21.3 Å². The predicted octanol–water partition coefficient (Wildman–Crippen LogP) is 2.74. The molecule has 5 nitrogen and oxygen atoms in total. The van der Waals surface area contributed by atoms with Crippen LogP contribution in [-0.4, -0.2) is 19.7 Å². The van der Waals surface area contributed by atoms with Crippen LogP contribution in [0.15, 0.2) is 23.3 Å². The van der Waals surface area contributed by atoms with Crippen molar-refractivity contribution in [2.24, 2.45) is 0 Å². The van der Waals surface area contributed by atoms with Crippen molar-refractivity contribution < 1.29 is 0 Å². The van der Waals surface area contributed by atoms with Crippen LogP contribution >= 0.6 is 0 Å². The van der Waals surface area contributed by atoms with Gasteiger partial charge in [0.2, 0.25) is 0 Å². The van der Waals surface area contributed by atoms with Gasteiger partial charge in [-0.2, -0.15) is 5.10 Å². The largest absolute Gasteiger partial charge is 0.310 e. The van der Waals surface area contributed by atoms with Crippen LogP contribution in [0.2, 0.25) is 0 Å². The van der Waals surface area contributed by atoms with Crippen molar-refractivity contribution >= 4 is 12.2 Å². The molecule has 21 heavy (non-hydrogen) atoms. The van der Waals surface area contributed by atoms with Crippen LogP contribution in [0.25, 0.3) is 12.2 Å². The van der Waals surface area contributed by atoms with Gasteiger partial charge in [0.1, 0.15) is 5.82 Å². The van der Waals surface area contributed by atoms with Gasteiger partial charge in [-0.15, -0.1) is 0 Å². The molecule has 0 saturated heterocycles. The number of H-pyrrole nitrogens is 1. The maximum atomic E-state index is 11.6. The van der Waals surface area contributed by atoms with E-state index < -0.39 is 0 Å². The van der Waals surface area contributed by atoms with Crippen LogP contribution in [0.4, 0.5) is 0 Å². The van der Waals surface area contributed by atoms with Crippen molar-refractivity contribution in [2.45, 2.75) is 44.1 Å². The zero-order valence-electron chi connectivity index (χ0n) is 11.8. The third-order valence-electron chi connectivity index (χ3n) is 4.26. The molecule has 1 N–H and O–H groups in total. The molecule has 0 aromatic carbocycles. The topological polar surface area (TPSA) is 63.6 Å². The Labute approximate surface area is 122 Å². The van der Waals surface area contributed by atoms with Crippen LogP contribution in [-0.2, 0) is 0 Å². The lowest BCUT2D eigenvalue weighted by atomic mass is 9.93. The van der Waals surface area contributed by atoms with E-state index in [1.165, 1.54) is 19.3 Å². The first kappa shape index (κ1) is 12.6. The maximum absolute atomic E-state index is 11.6. The van der Waals surface area contributed by atoms with Gasteiger partial charge in [0.05, 0.1) is 17.9 Å².